The summed E-state index contributed by atoms with van der Waals surface area (Å²) in [4.78, 5) is 14.2. The predicted octanol–water partition coefficient (Wildman–Crippen LogP) is 2.25. The molecule has 0 unspecified atom stereocenters. The highest BCUT2D eigenvalue weighted by Crippen LogP contribution is 2.21. The molecule has 0 bridgehead atoms. The van der Waals surface area contributed by atoms with Gasteiger partial charge in [-0.3, -0.25) is 4.79 Å². The maximum absolute atomic E-state index is 13.6. The summed E-state index contributed by atoms with van der Waals surface area (Å²) in [5.41, 5.74) is 6.83. The average Bonchev–Trinajstić information content (AvgIpc) is 2.89. The standard InChI is InChI=1S/C14H19FN2OS/c1-19-9-11-7-10(4-5-13(11)15)14(18)17-6-2-3-12(17)8-16/h4-5,7,12H,2-3,6,8-9,16H2,1H3/t12-/m0/s1. The Morgan fingerprint density at radius 2 is 2.37 bits per heavy atom. The van der Waals surface area contributed by atoms with Crippen LogP contribution in [0.25, 0.3) is 0 Å². The van der Waals surface area contributed by atoms with E-state index in [1.54, 1.807) is 23.9 Å². The molecule has 0 spiro atoms. The van der Waals surface area contributed by atoms with Crippen LogP contribution in [0.2, 0.25) is 0 Å². The number of benzene rings is 1. The van der Waals surface area contributed by atoms with Crippen LogP contribution >= 0.6 is 11.8 Å². The topological polar surface area (TPSA) is 46.3 Å². The first kappa shape index (κ1) is 14.3. The molecule has 0 aromatic heterocycles. The molecule has 1 heterocycles. The van der Waals surface area contributed by atoms with Crippen molar-refractivity contribution in [2.45, 2.75) is 24.6 Å². The van der Waals surface area contributed by atoms with Crippen LogP contribution < -0.4 is 5.73 Å². The van der Waals surface area contributed by atoms with Gasteiger partial charge in [-0.05, 0) is 42.9 Å². The summed E-state index contributed by atoms with van der Waals surface area (Å²) in [5.74, 6) is 0.297. The molecule has 104 valence electrons. The van der Waals surface area contributed by atoms with Gasteiger partial charge in [-0.15, -0.1) is 0 Å². The largest absolute Gasteiger partial charge is 0.334 e. The van der Waals surface area contributed by atoms with E-state index in [0.717, 1.165) is 19.4 Å². The lowest BCUT2D eigenvalue weighted by Crippen LogP contribution is -2.39. The van der Waals surface area contributed by atoms with Crippen LogP contribution in [0.3, 0.4) is 0 Å². The molecule has 3 nitrogen and oxygen atoms in total. The first-order valence-electron chi connectivity index (χ1n) is 6.45. The Morgan fingerprint density at radius 1 is 1.58 bits per heavy atom. The quantitative estimate of drug-likeness (QED) is 0.921. The van der Waals surface area contributed by atoms with Crippen LogP contribution in [-0.2, 0) is 5.75 Å². The van der Waals surface area contributed by atoms with E-state index >= 15 is 0 Å². The maximum atomic E-state index is 13.6. The van der Waals surface area contributed by atoms with Crippen molar-refractivity contribution in [2.24, 2.45) is 5.73 Å². The Balaban J connectivity index is 2.21. The second-order valence-corrected chi connectivity index (χ2v) is 5.64. The lowest BCUT2D eigenvalue weighted by Gasteiger charge is -2.23. The fourth-order valence-electron chi connectivity index (χ4n) is 2.49. The lowest BCUT2D eigenvalue weighted by molar-refractivity contribution is 0.0741. The van der Waals surface area contributed by atoms with E-state index in [1.807, 2.05) is 11.2 Å². The number of nitrogens with zero attached hydrogens (tertiary/aromatic N) is 1. The second kappa shape index (κ2) is 6.39. The van der Waals surface area contributed by atoms with Crippen molar-refractivity contribution in [3.05, 3.63) is 35.1 Å². The Bertz CT molecular complexity index is 467. The molecule has 1 amide bonds. The molecule has 2 rings (SSSR count). The molecule has 1 saturated heterocycles. The maximum Gasteiger partial charge on any atom is 0.254 e. The molecule has 1 aliphatic heterocycles. The third-order valence-corrected chi connectivity index (χ3v) is 4.10. The molecule has 1 aliphatic rings. The SMILES string of the molecule is CSCc1cc(C(=O)N2CCC[C@H]2CN)ccc1F. The number of hydrogen-bond donors (Lipinski definition) is 1. The number of rotatable bonds is 4. The van der Waals surface area contributed by atoms with Gasteiger partial charge in [0, 0.05) is 30.4 Å². The van der Waals surface area contributed by atoms with Crippen molar-refractivity contribution in [1.29, 1.82) is 0 Å². The Hall–Kier alpha value is -1.07. The van der Waals surface area contributed by atoms with Crippen LogP contribution in [0.15, 0.2) is 18.2 Å². The molecular weight excluding hydrogens is 263 g/mol. The lowest BCUT2D eigenvalue weighted by atomic mass is 10.1. The highest BCUT2D eigenvalue weighted by molar-refractivity contribution is 7.97. The summed E-state index contributed by atoms with van der Waals surface area (Å²) in [6, 6.07) is 4.74. The number of carbonyl (C=O) groups is 1. The molecule has 5 heteroatoms. The highest BCUT2D eigenvalue weighted by Gasteiger charge is 2.28. The van der Waals surface area contributed by atoms with E-state index < -0.39 is 0 Å². The molecule has 1 atom stereocenters. The summed E-state index contributed by atoms with van der Waals surface area (Å²) >= 11 is 1.54. The zero-order chi connectivity index (χ0) is 13.8. The average molecular weight is 282 g/mol. The number of halogens is 1. The van der Waals surface area contributed by atoms with Crippen molar-refractivity contribution in [3.63, 3.8) is 0 Å². The van der Waals surface area contributed by atoms with E-state index in [-0.39, 0.29) is 17.8 Å². The van der Waals surface area contributed by atoms with Gasteiger partial charge in [0.25, 0.3) is 5.91 Å². The van der Waals surface area contributed by atoms with Gasteiger partial charge in [-0.2, -0.15) is 11.8 Å². The molecule has 1 aromatic carbocycles. The van der Waals surface area contributed by atoms with Crippen LogP contribution in [0.4, 0.5) is 4.39 Å². The number of carbonyl (C=O) groups excluding carboxylic acids is 1. The fourth-order valence-corrected chi connectivity index (χ4v) is 3.02. The Labute approximate surface area is 117 Å². The number of hydrogen-bond acceptors (Lipinski definition) is 3. The van der Waals surface area contributed by atoms with E-state index in [1.165, 1.54) is 6.07 Å². The first-order valence-corrected chi connectivity index (χ1v) is 7.85. The van der Waals surface area contributed by atoms with Gasteiger partial charge in [0.05, 0.1) is 0 Å². The third-order valence-electron chi connectivity index (χ3n) is 3.50. The van der Waals surface area contributed by atoms with Gasteiger partial charge in [-0.1, -0.05) is 0 Å². The van der Waals surface area contributed by atoms with E-state index in [4.69, 9.17) is 5.73 Å². The van der Waals surface area contributed by atoms with Crippen molar-refractivity contribution >= 4 is 17.7 Å². The minimum Gasteiger partial charge on any atom is -0.334 e. The number of likely N-dealkylation sites (tertiary alicyclic amines) is 1. The minimum absolute atomic E-state index is 0.0321. The minimum atomic E-state index is -0.248. The number of nitrogens with two attached hydrogens (primary N) is 1. The zero-order valence-electron chi connectivity index (χ0n) is 11.1. The fraction of sp³-hybridized carbons (Fsp3) is 0.500. The first-order chi connectivity index (χ1) is 9.17. The normalized spacial score (nSPS) is 18.9. The molecule has 19 heavy (non-hydrogen) atoms. The summed E-state index contributed by atoms with van der Waals surface area (Å²) < 4.78 is 13.6. The van der Waals surface area contributed by atoms with Gasteiger partial charge >= 0.3 is 0 Å². The molecule has 2 N–H and O–H groups in total. The van der Waals surface area contributed by atoms with Crippen molar-refractivity contribution < 1.29 is 9.18 Å². The summed E-state index contributed by atoms with van der Waals surface area (Å²) in [6.45, 7) is 1.24. The monoisotopic (exact) mass is 282 g/mol. The van der Waals surface area contributed by atoms with E-state index in [2.05, 4.69) is 0 Å². The van der Waals surface area contributed by atoms with Crippen LogP contribution in [0.1, 0.15) is 28.8 Å². The summed E-state index contributed by atoms with van der Waals surface area (Å²) in [6.07, 6.45) is 3.87. The second-order valence-electron chi connectivity index (χ2n) is 4.77. The van der Waals surface area contributed by atoms with Crippen molar-refractivity contribution in [3.8, 4) is 0 Å². The van der Waals surface area contributed by atoms with Crippen LogP contribution in [-0.4, -0.2) is 36.2 Å². The molecule has 0 aliphatic carbocycles. The zero-order valence-corrected chi connectivity index (χ0v) is 11.9. The summed E-state index contributed by atoms with van der Waals surface area (Å²) in [5, 5.41) is 0. The smallest absolute Gasteiger partial charge is 0.254 e. The van der Waals surface area contributed by atoms with Gasteiger partial charge in [0.2, 0.25) is 0 Å². The third kappa shape index (κ3) is 3.09. The molecule has 0 saturated carbocycles. The summed E-state index contributed by atoms with van der Waals surface area (Å²) in [7, 11) is 0. The number of thioether (sulfide) groups is 1. The number of amides is 1. The van der Waals surface area contributed by atoms with E-state index in [0.29, 0.717) is 23.4 Å². The molecular formula is C14H19FN2OS. The van der Waals surface area contributed by atoms with E-state index in [9.17, 15) is 9.18 Å². The van der Waals surface area contributed by atoms with Crippen molar-refractivity contribution in [1.82, 2.24) is 4.90 Å². The predicted molar refractivity (Wildman–Crippen MR) is 76.7 cm³/mol. The molecule has 1 fully saturated rings. The van der Waals surface area contributed by atoms with Gasteiger partial charge in [-0.25, -0.2) is 4.39 Å². The van der Waals surface area contributed by atoms with Crippen LogP contribution in [0.5, 0.6) is 0 Å². The van der Waals surface area contributed by atoms with Crippen LogP contribution in [0, 0.1) is 5.82 Å². The molecule has 0 radical (unpaired) electrons. The van der Waals surface area contributed by atoms with Gasteiger partial charge < -0.3 is 10.6 Å². The van der Waals surface area contributed by atoms with Gasteiger partial charge in [0.1, 0.15) is 5.82 Å². The van der Waals surface area contributed by atoms with Gasteiger partial charge in [0.15, 0.2) is 0 Å². The Morgan fingerprint density at radius 3 is 3.05 bits per heavy atom. The van der Waals surface area contributed by atoms with Crippen molar-refractivity contribution in [2.75, 3.05) is 19.3 Å². The Kier molecular flexibility index (Phi) is 4.82. The molecule has 1 aromatic rings. The highest BCUT2D eigenvalue weighted by atomic mass is 32.2.